The fraction of sp³-hybridized carbons (Fsp3) is 0.520. The Hall–Kier alpha value is -3.20. The molecule has 0 aromatic carbocycles. The van der Waals surface area contributed by atoms with Crippen molar-refractivity contribution in [2.24, 2.45) is 11.8 Å². The van der Waals surface area contributed by atoms with E-state index in [-0.39, 0.29) is 11.9 Å². The average Bonchev–Trinajstić information content (AvgIpc) is 3.54. The molecule has 5 heterocycles. The van der Waals surface area contributed by atoms with Gasteiger partial charge in [-0.25, -0.2) is 4.98 Å². The molecule has 3 atom stereocenters. The molecular formula is C25H31N7O2. The third-order valence-corrected chi connectivity index (χ3v) is 7.49. The predicted octanol–water partition coefficient (Wildman–Crippen LogP) is 2.56. The zero-order valence-corrected chi connectivity index (χ0v) is 19.8. The highest BCUT2D eigenvalue weighted by Crippen LogP contribution is 2.32. The molecule has 2 aliphatic heterocycles. The van der Waals surface area contributed by atoms with Crippen molar-refractivity contribution in [2.45, 2.75) is 45.7 Å². The summed E-state index contributed by atoms with van der Waals surface area (Å²) in [6.45, 7) is 8.41. The Kier molecular flexibility index (Phi) is 5.36. The van der Waals surface area contributed by atoms with Crippen LogP contribution >= 0.6 is 0 Å². The Bertz CT molecular complexity index is 1200. The minimum absolute atomic E-state index is 0.0457. The molecule has 1 amide bonds. The number of carbonyl (C=O) groups is 1. The molecule has 3 aromatic heterocycles. The number of aryl methyl sites for hydroxylation is 2. The highest BCUT2D eigenvalue weighted by Gasteiger charge is 2.32. The first-order valence-corrected chi connectivity index (χ1v) is 12.2. The van der Waals surface area contributed by atoms with Crippen LogP contribution in [0.1, 0.15) is 57.5 Å². The molecule has 2 saturated heterocycles. The second-order valence-corrected chi connectivity index (χ2v) is 10.0. The summed E-state index contributed by atoms with van der Waals surface area (Å²) in [6, 6.07) is 4.21. The van der Waals surface area contributed by atoms with E-state index < -0.39 is 0 Å². The van der Waals surface area contributed by atoms with Crippen LogP contribution in [0.3, 0.4) is 0 Å². The topological polar surface area (TPSA) is 101 Å². The number of H-pyrrole nitrogens is 1. The molecular weight excluding hydrogens is 430 g/mol. The van der Waals surface area contributed by atoms with Gasteiger partial charge in [0.1, 0.15) is 5.82 Å². The van der Waals surface area contributed by atoms with Gasteiger partial charge in [-0.15, -0.1) is 0 Å². The lowest BCUT2D eigenvalue weighted by Gasteiger charge is -2.41. The zero-order chi connectivity index (χ0) is 23.2. The maximum atomic E-state index is 12.8. The van der Waals surface area contributed by atoms with Gasteiger partial charge >= 0.3 is 0 Å². The monoisotopic (exact) mass is 461 g/mol. The fourth-order valence-corrected chi connectivity index (χ4v) is 5.69. The molecule has 3 aromatic rings. The number of rotatable bonds is 5. The largest absolute Gasteiger partial charge is 0.381 e. The third-order valence-electron chi connectivity index (χ3n) is 7.49. The molecule has 0 radical (unpaired) electrons. The zero-order valence-electron chi connectivity index (χ0n) is 19.8. The van der Waals surface area contributed by atoms with Crippen LogP contribution < -0.4 is 10.2 Å². The lowest BCUT2D eigenvalue weighted by Crippen LogP contribution is -2.47. The predicted molar refractivity (Wildman–Crippen MR) is 127 cm³/mol. The molecule has 9 heteroatoms. The highest BCUT2D eigenvalue weighted by molar-refractivity contribution is 5.94. The molecule has 178 valence electrons. The maximum Gasteiger partial charge on any atom is 0.255 e. The minimum atomic E-state index is -0.116. The van der Waals surface area contributed by atoms with E-state index in [2.05, 4.69) is 37.6 Å². The summed E-state index contributed by atoms with van der Waals surface area (Å²) in [5.74, 6) is 2.14. The lowest BCUT2D eigenvalue weighted by atomic mass is 9.88. The van der Waals surface area contributed by atoms with Crippen LogP contribution in [-0.2, 0) is 17.7 Å². The van der Waals surface area contributed by atoms with E-state index in [1.54, 1.807) is 17.1 Å². The Morgan fingerprint density at radius 2 is 2.06 bits per heavy atom. The number of ether oxygens (including phenoxy) is 1. The van der Waals surface area contributed by atoms with E-state index in [0.717, 1.165) is 67.6 Å². The van der Waals surface area contributed by atoms with Gasteiger partial charge in [0.25, 0.3) is 5.91 Å². The van der Waals surface area contributed by atoms with E-state index in [1.807, 2.05) is 13.8 Å². The van der Waals surface area contributed by atoms with Crippen molar-refractivity contribution in [1.82, 2.24) is 30.3 Å². The quantitative estimate of drug-likeness (QED) is 0.606. The first kappa shape index (κ1) is 21.3. The molecule has 6 rings (SSSR count). The van der Waals surface area contributed by atoms with Gasteiger partial charge in [-0.3, -0.25) is 14.6 Å². The van der Waals surface area contributed by atoms with Crippen LogP contribution in [-0.4, -0.2) is 57.2 Å². The molecule has 9 nitrogen and oxygen atoms in total. The first-order chi connectivity index (χ1) is 16.5. The Labute approximate surface area is 198 Å². The molecule has 34 heavy (non-hydrogen) atoms. The second-order valence-electron chi connectivity index (χ2n) is 10.0. The Balaban J connectivity index is 1.11. The van der Waals surface area contributed by atoms with E-state index in [9.17, 15) is 4.79 Å². The number of carbonyl (C=O) groups excluding carboxylic acids is 1. The van der Waals surface area contributed by atoms with Gasteiger partial charge in [0.2, 0.25) is 0 Å². The van der Waals surface area contributed by atoms with Crippen molar-refractivity contribution < 1.29 is 9.53 Å². The number of nitrogens with one attached hydrogen (secondary N) is 2. The van der Waals surface area contributed by atoms with Gasteiger partial charge in [0, 0.05) is 42.5 Å². The van der Waals surface area contributed by atoms with E-state index in [1.165, 1.54) is 12.0 Å². The average molecular weight is 462 g/mol. The summed E-state index contributed by atoms with van der Waals surface area (Å²) in [5.41, 5.74) is 5.94. The SMILES string of the molecule is Cc1nc(N2CC3COCC(C3)C2)ccc1Cn1cc(C(=O)N[C@@H]2CCc3c2n[nH]c3C)cn1. The van der Waals surface area contributed by atoms with Crippen molar-refractivity contribution in [3.8, 4) is 0 Å². The summed E-state index contributed by atoms with van der Waals surface area (Å²) < 4.78 is 7.52. The molecule has 2 N–H and O–H groups in total. The van der Waals surface area contributed by atoms with Crippen molar-refractivity contribution in [2.75, 3.05) is 31.2 Å². The molecule has 0 spiro atoms. The van der Waals surface area contributed by atoms with Crippen molar-refractivity contribution in [1.29, 1.82) is 0 Å². The molecule has 2 bridgehead atoms. The maximum absolute atomic E-state index is 12.8. The van der Waals surface area contributed by atoms with Crippen LogP contribution in [0, 0.1) is 25.7 Å². The van der Waals surface area contributed by atoms with Gasteiger partial charge in [-0.1, -0.05) is 6.07 Å². The van der Waals surface area contributed by atoms with Crippen LogP contribution in [0.2, 0.25) is 0 Å². The summed E-state index contributed by atoms with van der Waals surface area (Å²) >= 11 is 0. The molecule has 0 saturated carbocycles. The van der Waals surface area contributed by atoms with Crippen LogP contribution in [0.25, 0.3) is 0 Å². The smallest absolute Gasteiger partial charge is 0.255 e. The summed E-state index contributed by atoms with van der Waals surface area (Å²) in [5, 5.41) is 14.9. The second kappa shape index (κ2) is 8.54. The van der Waals surface area contributed by atoms with Crippen LogP contribution in [0.5, 0.6) is 0 Å². The highest BCUT2D eigenvalue weighted by atomic mass is 16.5. The molecule has 3 aliphatic rings. The van der Waals surface area contributed by atoms with Crippen molar-refractivity contribution in [3.05, 3.63) is 58.3 Å². The lowest BCUT2D eigenvalue weighted by molar-refractivity contribution is 0.00608. The van der Waals surface area contributed by atoms with Gasteiger partial charge < -0.3 is 15.0 Å². The standard InChI is InChI=1S/C25H31N7O2/c1-15-19(3-6-23(27-15)31-9-17-7-18(10-31)14-34-13-17)11-32-12-20(8-26-32)25(33)28-22-5-4-21-16(2)29-30-24(21)22/h3,6,8,12,17-18,22H,4-5,7,9-11,13-14H2,1-2H3,(H,28,33)(H,29,30)/t17?,18?,22-/m1/s1. The summed E-state index contributed by atoms with van der Waals surface area (Å²) in [7, 11) is 0. The number of pyridine rings is 1. The van der Waals surface area contributed by atoms with Crippen molar-refractivity contribution in [3.63, 3.8) is 0 Å². The van der Waals surface area contributed by atoms with E-state index in [4.69, 9.17) is 9.72 Å². The molecule has 2 unspecified atom stereocenters. The Morgan fingerprint density at radius 1 is 1.24 bits per heavy atom. The van der Waals surface area contributed by atoms with Crippen LogP contribution in [0.4, 0.5) is 5.82 Å². The van der Waals surface area contributed by atoms with Gasteiger partial charge in [0.15, 0.2) is 0 Å². The van der Waals surface area contributed by atoms with Gasteiger partial charge in [-0.05, 0) is 50.3 Å². The normalized spacial score (nSPS) is 23.7. The number of aromatic amines is 1. The summed E-state index contributed by atoms with van der Waals surface area (Å²) in [6.07, 6.45) is 6.53. The third kappa shape index (κ3) is 3.98. The molecule has 1 aliphatic carbocycles. The first-order valence-electron chi connectivity index (χ1n) is 12.2. The van der Waals surface area contributed by atoms with E-state index in [0.29, 0.717) is 23.9 Å². The molecule has 2 fully saturated rings. The number of fused-ring (bicyclic) bond motifs is 3. The van der Waals surface area contributed by atoms with Gasteiger partial charge in [-0.2, -0.15) is 10.2 Å². The number of nitrogens with zero attached hydrogens (tertiary/aromatic N) is 5. The Morgan fingerprint density at radius 3 is 2.85 bits per heavy atom. The number of anilines is 1. The van der Waals surface area contributed by atoms with Crippen LogP contribution in [0.15, 0.2) is 24.5 Å². The van der Waals surface area contributed by atoms with Gasteiger partial charge in [0.05, 0.1) is 43.3 Å². The number of hydrogen-bond donors (Lipinski definition) is 2. The number of piperidine rings is 1. The van der Waals surface area contributed by atoms with Crippen molar-refractivity contribution >= 4 is 11.7 Å². The number of hydrogen-bond acceptors (Lipinski definition) is 6. The summed E-state index contributed by atoms with van der Waals surface area (Å²) in [4.78, 5) is 20.1. The van der Waals surface area contributed by atoms with E-state index >= 15 is 0 Å². The minimum Gasteiger partial charge on any atom is -0.381 e. The fourth-order valence-electron chi connectivity index (χ4n) is 5.69. The number of aromatic nitrogens is 5. The number of amides is 1.